The zero-order chi connectivity index (χ0) is 17.7. The average molecular weight is 340 g/mol. The number of benzene rings is 1. The zero-order valence-electron chi connectivity index (χ0n) is 12.6. The van der Waals surface area contributed by atoms with E-state index in [1.165, 1.54) is 24.5 Å². The first-order chi connectivity index (χ1) is 11.3. The summed E-state index contributed by atoms with van der Waals surface area (Å²) in [6.45, 7) is -0.155. The molecular formula is C15H15F3N4O2. The van der Waals surface area contributed by atoms with Crippen LogP contribution in [0.2, 0.25) is 0 Å². The summed E-state index contributed by atoms with van der Waals surface area (Å²) in [5.74, 6) is -0.139. The number of hydrogen-bond donors (Lipinski definition) is 3. The molecule has 0 saturated carbocycles. The van der Waals surface area contributed by atoms with Gasteiger partial charge in [-0.1, -0.05) is 12.1 Å². The van der Waals surface area contributed by atoms with Crippen molar-refractivity contribution in [3.8, 4) is 0 Å². The molecule has 0 unspecified atom stereocenters. The Hall–Kier alpha value is -2.68. The van der Waals surface area contributed by atoms with Gasteiger partial charge in [-0.3, -0.25) is 4.79 Å². The lowest BCUT2D eigenvalue weighted by Gasteiger charge is -2.13. The van der Waals surface area contributed by atoms with E-state index in [1.54, 1.807) is 7.05 Å². The topological polar surface area (TPSA) is 87.1 Å². The van der Waals surface area contributed by atoms with E-state index in [9.17, 15) is 23.1 Å². The quantitative estimate of drug-likeness (QED) is 0.775. The number of carbonyl (C=O) groups excluding carboxylic acids is 1. The molecule has 2 rings (SSSR count). The molecule has 9 heteroatoms. The van der Waals surface area contributed by atoms with E-state index in [2.05, 4.69) is 20.6 Å². The van der Waals surface area contributed by atoms with Gasteiger partial charge in [-0.2, -0.15) is 13.2 Å². The van der Waals surface area contributed by atoms with Crippen LogP contribution < -0.4 is 10.6 Å². The van der Waals surface area contributed by atoms with Gasteiger partial charge in [-0.05, 0) is 17.7 Å². The summed E-state index contributed by atoms with van der Waals surface area (Å²) >= 11 is 0. The Kier molecular flexibility index (Phi) is 5.35. The van der Waals surface area contributed by atoms with Gasteiger partial charge < -0.3 is 15.7 Å². The van der Waals surface area contributed by atoms with E-state index in [0.717, 1.165) is 12.1 Å². The standard InChI is InChI=1S/C15H15F3N4O2/c1-19-14-21-6-10(7-22-14)13(24)20-8-12(23)9-2-4-11(5-3-9)15(16,17)18/h2-7,12,23H,8H2,1H3,(H,20,24)(H,19,21,22)/t12-/m0/s1. The van der Waals surface area contributed by atoms with Crippen molar-refractivity contribution in [3.63, 3.8) is 0 Å². The van der Waals surface area contributed by atoms with Crippen molar-refractivity contribution in [2.45, 2.75) is 12.3 Å². The van der Waals surface area contributed by atoms with E-state index in [-0.39, 0.29) is 17.7 Å². The second-order valence-corrected chi connectivity index (χ2v) is 4.89. The van der Waals surface area contributed by atoms with Crippen LogP contribution >= 0.6 is 0 Å². The van der Waals surface area contributed by atoms with Crippen LogP contribution in [0.1, 0.15) is 27.6 Å². The van der Waals surface area contributed by atoms with Gasteiger partial charge in [-0.15, -0.1) is 0 Å². The highest BCUT2D eigenvalue weighted by molar-refractivity contribution is 5.93. The number of hydrogen-bond acceptors (Lipinski definition) is 5. The highest BCUT2D eigenvalue weighted by atomic mass is 19.4. The van der Waals surface area contributed by atoms with Crippen molar-refractivity contribution in [1.82, 2.24) is 15.3 Å². The molecule has 24 heavy (non-hydrogen) atoms. The van der Waals surface area contributed by atoms with Gasteiger partial charge in [0.15, 0.2) is 0 Å². The highest BCUT2D eigenvalue weighted by Crippen LogP contribution is 2.29. The average Bonchev–Trinajstić information content (AvgIpc) is 2.58. The Balaban J connectivity index is 1.94. The number of aliphatic hydroxyl groups is 1. The van der Waals surface area contributed by atoms with Gasteiger partial charge in [0, 0.05) is 26.0 Å². The molecule has 6 nitrogen and oxygen atoms in total. The Bertz CT molecular complexity index is 687. The fourth-order valence-corrected chi connectivity index (χ4v) is 1.88. The maximum atomic E-state index is 12.5. The van der Waals surface area contributed by atoms with Crippen molar-refractivity contribution in [3.05, 3.63) is 53.3 Å². The Labute approximate surface area is 135 Å². The molecule has 1 amide bonds. The number of carbonyl (C=O) groups is 1. The SMILES string of the molecule is CNc1ncc(C(=O)NC[C@H](O)c2ccc(C(F)(F)F)cc2)cn1. The van der Waals surface area contributed by atoms with Crippen molar-refractivity contribution in [2.24, 2.45) is 0 Å². The lowest BCUT2D eigenvalue weighted by Crippen LogP contribution is -2.28. The zero-order valence-corrected chi connectivity index (χ0v) is 12.6. The number of alkyl halides is 3. The third kappa shape index (κ3) is 4.42. The molecule has 0 aliphatic carbocycles. The maximum Gasteiger partial charge on any atom is 0.416 e. The second-order valence-electron chi connectivity index (χ2n) is 4.89. The number of halogens is 3. The summed E-state index contributed by atoms with van der Waals surface area (Å²) in [6, 6.07) is 4.10. The molecule has 0 bridgehead atoms. The first kappa shape index (κ1) is 17.7. The Morgan fingerprint density at radius 3 is 2.29 bits per heavy atom. The number of aromatic nitrogens is 2. The number of amides is 1. The summed E-state index contributed by atoms with van der Waals surface area (Å²) < 4.78 is 37.4. The fourth-order valence-electron chi connectivity index (χ4n) is 1.88. The van der Waals surface area contributed by atoms with Crippen LogP contribution in [0.3, 0.4) is 0 Å². The molecule has 0 aliphatic heterocycles. The molecule has 1 aromatic carbocycles. The molecule has 1 aromatic heterocycles. The van der Waals surface area contributed by atoms with Gasteiger partial charge in [0.1, 0.15) is 0 Å². The van der Waals surface area contributed by atoms with E-state index in [1.807, 2.05) is 0 Å². The summed E-state index contributed by atoms with van der Waals surface area (Å²) in [4.78, 5) is 19.7. The largest absolute Gasteiger partial charge is 0.416 e. The van der Waals surface area contributed by atoms with Crippen molar-refractivity contribution in [1.29, 1.82) is 0 Å². The van der Waals surface area contributed by atoms with Crippen LogP contribution in [0.4, 0.5) is 19.1 Å². The van der Waals surface area contributed by atoms with Gasteiger partial charge >= 0.3 is 6.18 Å². The monoisotopic (exact) mass is 340 g/mol. The first-order valence-corrected chi connectivity index (χ1v) is 6.94. The molecule has 1 atom stereocenters. The van der Waals surface area contributed by atoms with Crippen LogP contribution in [-0.4, -0.2) is 34.6 Å². The maximum absolute atomic E-state index is 12.5. The number of nitrogens with zero attached hydrogens (tertiary/aromatic N) is 2. The molecule has 128 valence electrons. The Morgan fingerprint density at radius 2 is 1.79 bits per heavy atom. The third-order valence-corrected chi connectivity index (χ3v) is 3.22. The van der Waals surface area contributed by atoms with Crippen LogP contribution in [0.5, 0.6) is 0 Å². The van der Waals surface area contributed by atoms with Gasteiger partial charge in [0.05, 0.1) is 17.2 Å². The minimum atomic E-state index is -4.43. The highest BCUT2D eigenvalue weighted by Gasteiger charge is 2.30. The first-order valence-electron chi connectivity index (χ1n) is 6.94. The summed E-state index contributed by atoms with van der Waals surface area (Å²) in [6.07, 6.45) is -2.93. The molecule has 0 fully saturated rings. The summed E-state index contributed by atoms with van der Waals surface area (Å²) in [7, 11) is 1.63. The van der Waals surface area contributed by atoms with Crippen LogP contribution in [0.25, 0.3) is 0 Å². The second kappa shape index (κ2) is 7.26. The summed E-state index contributed by atoms with van der Waals surface area (Å²) in [5, 5.41) is 15.1. The predicted octanol–water partition coefficient (Wildman–Crippen LogP) is 2.00. The van der Waals surface area contributed by atoms with E-state index >= 15 is 0 Å². The van der Waals surface area contributed by atoms with Crippen LogP contribution in [0, 0.1) is 0 Å². The Morgan fingerprint density at radius 1 is 1.21 bits per heavy atom. The van der Waals surface area contributed by atoms with E-state index < -0.39 is 23.8 Å². The number of nitrogens with one attached hydrogen (secondary N) is 2. The van der Waals surface area contributed by atoms with Gasteiger partial charge in [0.25, 0.3) is 5.91 Å². The van der Waals surface area contributed by atoms with Crippen LogP contribution in [-0.2, 0) is 6.18 Å². The number of anilines is 1. The van der Waals surface area contributed by atoms with Crippen molar-refractivity contribution in [2.75, 3.05) is 18.9 Å². The van der Waals surface area contributed by atoms with Crippen molar-refractivity contribution >= 4 is 11.9 Å². The molecule has 1 heterocycles. The molecule has 0 spiro atoms. The van der Waals surface area contributed by atoms with E-state index in [0.29, 0.717) is 5.95 Å². The number of rotatable bonds is 5. The van der Waals surface area contributed by atoms with Crippen LogP contribution in [0.15, 0.2) is 36.7 Å². The minimum absolute atomic E-state index is 0.155. The third-order valence-electron chi connectivity index (χ3n) is 3.22. The fraction of sp³-hybridized carbons (Fsp3) is 0.267. The van der Waals surface area contributed by atoms with E-state index in [4.69, 9.17) is 0 Å². The molecule has 0 saturated heterocycles. The summed E-state index contributed by atoms with van der Waals surface area (Å²) in [5.41, 5.74) is -0.331. The minimum Gasteiger partial charge on any atom is -0.387 e. The van der Waals surface area contributed by atoms with Gasteiger partial charge in [-0.25, -0.2) is 9.97 Å². The lowest BCUT2D eigenvalue weighted by atomic mass is 10.1. The molecular weight excluding hydrogens is 325 g/mol. The molecule has 0 aliphatic rings. The molecule has 3 N–H and O–H groups in total. The smallest absolute Gasteiger partial charge is 0.387 e. The predicted molar refractivity (Wildman–Crippen MR) is 80.3 cm³/mol. The molecule has 0 radical (unpaired) electrons. The van der Waals surface area contributed by atoms with Crippen molar-refractivity contribution < 1.29 is 23.1 Å². The van der Waals surface area contributed by atoms with Gasteiger partial charge in [0.2, 0.25) is 5.95 Å². The lowest BCUT2D eigenvalue weighted by molar-refractivity contribution is -0.137. The number of aliphatic hydroxyl groups excluding tert-OH is 1. The molecule has 2 aromatic rings. The normalized spacial score (nSPS) is 12.5.